The molecule has 0 spiro atoms. The number of rotatable bonds is 40. The van der Waals surface area contributed by atoms with Crippen molar-refractivity contribution in [1.29, 1.82) is 0 Å². The molecule has 0 bridgehead atoms. The van der Waals surface area contributed by atoms with Crippen LogP contribution in [-0.2, 0) is 51.7 Å². The summed E-state index contributed by atoms with van der Waals surface area (Å²) in [6.07, 6.45) is 22.7. The maximum absolute atomic E-state index is 12.9. The summed E-state index contributed by atoms with van der Waals surface area (Å²) in [5.41, 5.74) is 11.3. The Hall–Kier alpha value is -2.09. The Balaban J connectivity index is 5.04. The number of nitrogens with two attached hydrogens (primary N) is 2. The highest BCUT2D eigenvalue weighted by molar-refractivity contribution is 7.47. The largest absolute Gasteiger partial charge is 0.472 e. The number of esters is 4. The molecule has 5 N–H and O–H groups in total. The summed E-state index contributed by atoms with van der Waals surface area (Å²) in [6, 6.07) is -0.986. The molecule has 5 atom stereocenters. The first-order valence-electron chi connectivity index (χ1n) is 22.1. The van der Waals surface area contributed by atoms with Crippen molar-refractivity contribution in [3.8, 4) is 0 Å². The Morgan fingerprint density at radius 3 is 1.18 bits per heavy atom. The molecule has 57 heavy (non-hydrogen) atoms. The molecular weight excluding hydrogens is 755 g/mol. The Labute approximate surface area is 344 Å². The van der Waals surface area contributed by atoms with Gasteiger partial charge in [0.2, 0.25) is 0 Å². The summed E-state index contributed by atoms with van der Waals surface area (Å²) in [4.78, 5) is 60.1. The summed E-state index contributed by atoms with van der Waals surface area (Å²) in [5, 5.41) is 0. The Morgan fingerprint density at radius 2 is 0.789 bits per heavy atom. The maximum Gasteiger partial charge on any atom is 0.472 e. The normalized spacial score (nSPS) is 14.6. The Morgan fingerprint density at radius 1 is 0.474 bits per heavy atom. The highest BCUT2D eigenvalue weighted by Crippen LogP contribution is 2.43. The molecule has 0 aliphatic rings. The van der Waals surface area contributed by atoms with E-state index in [0.29, 0.717) is 12.8 Å². The van der Waals surface area contributed by atoms with Crippen LogP contribution in [0.25, 0.3) is 0 Å². The van der Waals surface area contributed by atoms with Crippen LogP contribution in [-0.4, -0.2) is 79.5 Å². The van der Waals surface area contributed by atoms with E-state index < -0.39 is 75.8 Å². The second kappa shape index (κ2) is 36.9. The molecule has 0 aromatic heterocycles. The zero-order valence-corrected chi connectivity index (χ0v) is 37.0. The van der Waals surface area contributed by atoms with Crippen LogP contribution in [0, 0.1) is 0 Å². The number of carbonyl (C=O) groups is 4. The van der Waals surface area contributed by atoms with Crippen LogP contribution in [0.15, 0.2) is 0 Å². The van der Waals surface area contributed by atoms with E-state index >= 15 is 0 Å². The lowest BCUT2D eigenvalue weighted by atomic mass is 10.1. The van der Waals surface area contributed by atoms with Crippen molar-refractivity contribution >= 4 is 31.7 Å². The smallest absolute Gasteiger partial charge is 0.462 e. The quantitative estimate of drug-likeness (QED) is 0.0228. The molecule has 336 valence electrons. The van der Waals surface area contributed by atoms with E-state index in [1.807, 2.05) is 0 Å². The van der Waals surface area contributed by atoms with E-state index in [1.165, 1.54) is 89.9 Å². The molecule has 0 rings (SSSR count). The van der Waals surface area contributed by atoms with Gasteiger partial charge >= 0.3 is 31.7 Å². The maximum atomic E-state index is 12.9. The van der Waals surface area contributed by atoms with Gasteiger partial charge < -0.3 is 35.3 Å². The molecule has 0 aliphatic carbocycles. The van der Waals surface area contributed by atoms with Crippen LogP contribution in [0.2, 0.25) is 0 Å². The summed E-state index contributed by atoms with van der Waals surface area (Å²) < 4.78 is 44.4. The van der Waals surface area contributed by atoms with Crippen LogP contribution >= 0.6 is 7.82 Å². The molecule has 0 radical (unpaired) electrons. The number of ether oxygens (including phenoxy) is 4. The van der Waals surface area contributed by atoms with Crippen molar-refractivity contribution in [2.24, 2.45) is 11.5 Å². The first-order chi connectivity index (χ1) is 27.3. The minimum Gasteiger partial charge on any atom is -0.462 e. The van der Waals surface area contributed by atoms with Crippen molar-refractivity contribution in [1.82, 2.24) is 0 Å². The van der Waals surface area contributed by atoms with Crippen LogP contribution in [0.3, 0.4) is 0 Å². The fraction of sp³-hybridized carbons (Fsp3) is 0.905. The minimum absolute atomic E-state index is 0.0911. The van der Waals surface area contributed by atoms with Gasteiger partial charge in [0.05, 0.1) is 26.1 Å². The van der Waals surface area contributed by atoms with Gasteiger partial charge in [-0.3, -0.25) is 28.2 Å². The molecule has 0 aromatic carbocycles. The molecule has 0 heterocycles. The molecule has 0 saturated heterocycles. The number of unbranched alkanes of at least 4 members (excludes halogenated alkanes) is 20. The SMILES string of the molecule is CCCCCCCCCCCCCC(=O)OC[C@H](COP(=O)(O)OCC(COC(=O)C[C@H](C)N)OC(=O)C[C@H](C)N)OC(=O)CCCCCCCCCCCCC. The number of hydrogen-bond donors (Lipinski definition) is 3. The van der Waals surface area contributed by atoms with Crippen LogP contribution in [0.1, 0.15) is 195 Å². The van der Waals surface area contributed by atoms with Crippen molar-refractivity contribution in [2.45, 2.75) is 219 Å². The standard InChI is InChI=1S/C42H81N2O12P/c1-5-7-9-11-13-15-17-19-21-23-25-27-39(45)51-31-37(55-40(46)28-26-24-22-20-18-16-14-12-10-8-6-2)33-53-57(49,50)54-34-38(56-42(48)30-36(4)44)32-52-41(47)29-35(3)43/h35-38H,5-34,43-44H2,1-4H3,(H,49,50)/t35-,36-,37+,38?/m0/s1. The molecule has 14 nitrogen and oxygen atoms in total. The minimum atomic E-state index is -4.83. The van der Waals surface area contributed by atoms with Gasteiger partial charge in [-0.1, -0.05) is 142 Å². The van der Waals surface area contributed by atoms with Gasteiger partial charge in [0.1, 0.15) is 13.2 Å². The van der Waals surface area contributed by atoms with Crippen LogP contribution < -0.4 is 11.5 Å². The fourth-order valence-corrected chi connectivity index (χ4v) is 6.78. The van der Waals surface area contributed by atoms with Gasteiger partial charge in [0.15, 0.2) is 12.2 Å². The van der Waals surface area contributed by atoms with Crippen molar-refractivity contribution in [3.05, 3.63) is 0 Å². The summed E-state index contributed by atoms with van der Waals surface area (Å²) in [5.74, 6) is -2.38. The third-order valence-electron chi connectivity index (χ3n) is 9.25. The summed E-state index contributed by atoms with van der Waals surface area (Å²) >= 11 is 0. The molecule has 0 aromatic rings. The topological polar surface area (TPSA) is 213 Å². The Kier molecular flexibility index (Phi) is 35.6. The van der Waals surface area contributed by atoms with Gasteiger partial charge in [0, 0.05) is 24.9 Å². The molecule has 0 aliphatic heterocycles. The predicted octanol–water partition coefficient (Wildman–Crippen LogP) is 8.91. The molecule has 15 heteroatoms. The molecule has 0 fully saturated rings. The van der Waals surface area contributed by atoms with Crippen LogP contribution in [0.4, 0.5) is 0 Å². The molecular formula is C42H81N2O12P. The lowest BCUT2D eigenvalue weighted by Gasteiger charge is -2.22. The fourth-order valence-electron chi connectivity index (χ4n) is 6.00. The molecule has 2 unspecified atom stereocenters. The third-order valence-corrected chi connectivity index (χ3v) is 10.2. The van der Waals surface area contributed by atoms with E-state index in [1.54, 1.807) is 13.8 Å². The van der Waals surface area contributed by atoms with E-state index in [4.69, 9.17) is 39.5 Å². The van der Waals surface area contributed by atoms with Crippen molar-refractivity contribution < 1.29 is 56.6 Å². The lowest BCUT2D eigenvalue weighted by molar-refractivity contribution is -0.162. The first kappa shape index (κ1) is 54.9. The lowest BCUT2D eigenvalue weighted by Crippen LogP contribution is -2.33. The van der Waals surface area contributed by atoms with E-state index in [-0.39, 0.29) is 32.3 Å². The monoisotopic (exact) mass is 837 g/mol. The average Bonchev–Trinajstić information content (AvgIpc) is 3.14. The molecule has 0 saturated carbocycles. The first-order valence-corrected chi connectivity index (χ1v) is 23.6. The number of hydrogen-bond acceptors (Lipinski definition) is 13. The molecule has 0 amide bonds. The highest BCUT2D eigenvalue weighted by atomic mass is 31.2. The van der Waals surface area contributed by atoms with E-state index in [2.05, 4.69) is 13.8 Å². The van der Waals surface area contributed by atoms with Gasteiger partial charge in [-0.25, -0.2) is 4.57 Å². The van der Waals surface area contributed by atoms with Gasteiger partial charge in [-0.2, -0.15) is 0 Å². The summed E-state index contributed by atoms with van der Waals surface area (Å²) in [7, 11) is -4.83. The van der Waals surface area contributed by atoms with E-state index in [9.17, 15) is 28.6 Å². The predicted molar refractivity (Wildman–Crippen MR) is 222 cm³/mol. The number of phosphoric acid groups is 1. The average molecular weight is 837 g/mol. The van der Waals surface area contributed by atoms with Crippen molar-refractivity contribution in [3.63, 3.8) is 0 Å². The highest BCUT2D eigenvalue weighted by Gasteiger charge is 2.29. The van der Waals surface area contributed by atoms with Crippen molar-refractivity contribution in [2.75, 3.05) is 26.4 Å². The van der Waals surface area contributed by atoms with Gasteiger partial charge in [-0.15, -0.1) is 0 Å². The number of phosphoric ester groups is 1. The van der Waals surface area contributed by atoms with Gasteiger partial charge in [0.25, 0.3) is 0 Å². The third kappa shape index (κ3) is 37.9. The Bertz CT molecular complexity index is 1080. The zero-order chi connectivity index (χ0) is 42.6. The van der Waals surface area contributed by atoms with Crippen LogP contribution in [0.5, 0.6) is 0 Å². The van der Waals surface area contributed by atoms with Gasteiger partial charge in [-0.05, 0) is 26.7 Å². The second-order valence-electron chi connectivity index (χ2n) is 15.6. The number of carbonyl (C=O) groups excluding carboxylic acids is 4. The van der Waals surface area contributed by atoms with E-state index in [0.717, 1.165) is 38.5 Å². The zero-order valence-electron chi connectivity index (χ0n) is 36.1. The summed E-state index contributed by atoms with van der Waals surface area (Å²) in [6.45, 7) is 5.54. The second-order valence-corrected chi connectivity index (χ2v) is 17.0.